The van der Waals surface area contributed by atoms with Gasteiger partial charge in [-0.3, -0.25) is 9.97 Å². The summed E-state index contributed by atoms with van der Waals surface area (Å²) in [5.41, 5.74) is 13.3. The second-order valence-electron chi connectivity index (χ2n) is 17.3. The molecule has 2 aromatic carbocycles. The van der Waals surface area contributed by atoms with E-state index in [2.05, 4.69) is 136 Å². The molecule has 6 heterocycles. The average molecular weight is 786 g/mol. The number of rotatable bonds is 10. The molecule has 0 aliphatic heterocycles. The SMILES string of the molecule is CCCN(c1cccc(-c2cc(-c3ccc(C(C)(C)C)cc3)cc(-c3ccccn3)n2)n1)c1cccc(-c2cc(-c3ccc(C(C)(C)C)cc3)cc(-c3ccccn3)n2)n1. The molecule has 0 aliphatic rings. The van der Waals surface area contributed by atoms with Crippen molar-refractivity contribution in [1.82, 2.24) is 29.9 Å². The van der Waals surface area contributed by atoms with Crippen molar-refractivity contribution in [2.75, 3.05) is 11.4 Å². The van der Waals surface area contributed by atoms with Crippen LogP contribution < -0.4 is 4.90 Å². The molecule has 0 spiro atoms. The van der Waals surface area contributed by atoms with Gasteiger partial charge in [0.25, 0.3) is 0 Å². The van der Waals surface area contributed by atoms with Gasteiger partial charge < -0.3 is 4.90 Å². The third kappa shape index (κ3) is 8.91. The first kappa shape index (κ1) is 39.9. The highest BCUT2D eigenvalue weighted by molar-refractivity contribution is 5.77. The second-order valence-corrected chi connectivity index (χ2v) is 17.3. The monoisotopic (exact) mass is 785 g/mol. The molecule has 8 rings (SSSR count). The van der Waals surface area contributed by atoms with Gasteiger partial charge >= 0.3 is 0 Å². The minimum atomic E-state index is 0.0617. The van der Waals surface area contributed by atoms with Crippen LogP contribution in [0.4, 0.5) is 11.6 Å². The summed E-state index contributed by atoms with van der Waals surface area (Å²) in [5.74, 6) is 1.57. The Labute approximate surface area is 354 Å². The molecule has 0 amide bonds. The topological polar surface area (TPSA) is 80.6 Å². The van der Waals surface area contributed by atoms with Gasteiger partial charge in [-0.1, -0.05) is 121 Å². The Kier molecular flexibility index (Phi) is 11.2. The molecular formula is C53H51N7. The number of hydrogen-bond donors (Lipinski definition) is 0. The molecule has 7 heteroatoms. The van der Waals surface area contributed by atoms with E-state index in [1.165, 1.54) is 11.1 Å². The highest BCUT2D eigenvalue weighted by Gasteiger charge is 2.19. The average Bonchev–Trinajstić information content (AvgIpc) is 3.28. The van der Waals surface area contributed by atoms with Crippen molar-refractivity contribution in [2.24, 2.45) is 0 Å². The number of nitrogens with zero attached hydrogens (tertiary/aromatic N) is 7. The Bertz CT molecular complexity index is 2530. The standard InChI is InChI=1S/C53H51N7/c1-8-31-60(50-19-13-17-44(58-50)48-34-38(32-46(56-48)42-15-9-11-29-54-42)36-21-25-40(26-22-36)52(2,3)4)51-20-14-18-45(59-51)49-35-39(33-47(57-49)43-16-10-12-30-55-43)37-23-27-41(28-24-37)53(5,6)7/h9-30,32-35H,8,31H2,1-7H3. The van der Waals surface area contributed by atoms with Gasteiger partial charge in [-0.15, -0.1) is 0 Å². The molecule has 6 aromatic heterocycles. The first-order valence-corrected chi connectivity index (χ1v) is 20.7. The maximum atomic E-state index is 5.27. The van der Waals surface area contributed by atoms with E-state index in [1.807, 2.05) is 72.8 Å². The van der Waals surface area contributed by atoms with Gasteiger partial charge in [0.05, 0.1) is 45.6 Å². The Morgan fingerprint density at radius 2 is 0.767 bits per heavy atom. The lowest BCUT2D eigenvalue weighted by atomic mass is 9.86. The minimum absolute atomic E-state index is 0.0617. The summed E-state index contributed by atoms with van der Waals surface area (Å²) in [6, 6.07) is 50.2. The van der Waals surface area contributed by atoms with Gasteiger partial charge in [0.15, 0.2) is 0 Å². The van der Waals surface area contributed by atoms with Crippen LogP contribution in [0, 0.1) is 0 Å². The van der Waals surface area contributed by atoms with Crippen LogP contribution in [-0.2, 0) is 10.8 Å². The van der Waals surface area contributed by atoms with Gasteiger partial charge in [-0.25, -0.2) is 19.9 Å². The molecule has 7 nitrogen and oxygen atoms in total. The van der Waals surface area contributed by atoms with Crippen molar-refractivity contribution in [3.8, 4) is 67.8 Å². The van der Waals surface area contributed by atoms with Gasteiger partial charge in [0.1, 0.15) is 11.6 Å². The van der Waals surface area contributed by atoms with E-state index in [0.29, 0.717) is 6.54 Å². The van der Waals surface area contributed by atoms with Crippen LogP contribution in [0.1, 0.15) is 66.0 Å². The number of benzene rings is 2. The summed E-state index contributed by atoms with van der Waals surface area (Å²) < 4.78 is 0. The molecule has 0 atom stereocenters. The van der Waals surface area contributed by atoms with Crippen molar-refractivity contribution < 1.29 is 0 Å². The lowest BCUT2D eigenvalue weighted by Crippen LogP contribution is -2.20. The van der Waals surface area contributed by atoms with Crippen molar-refractivity contribution in [1.29, 1.82) is 0 Å². The van der Waals surface area contributed by atoms with Gasteiger partial charge in [-0.2, -0.15) is 0 Å². The fraction of sp³-hybridized carbons (Fsp3) is 0.208. The highest BCUT2D eigenvalue weighted by Crippen LogP contribution is 2.35. The van der Waals surface area contributed by atoms with Crippen molar-refractivity contribution >= 4 is 11.6 Å². The summed E-state index contributed by atoms with van der Waals surface area (Å²) in [4.78, 5) is 32.3. The largest absolute Gasteiger partial charge is 0.311 e. The molecule has 8 aromatic rings. The maximum Gasteiger partial charge on any atom is 0.134 e. The van der Waals surface area contributed by atoms with E-state index in [4.69, 9.17) is 19.9 Å². The van der Waals surface area contributed by atoms with Gasteiger partial charge in [0, 0.05) is 18.9 Å². The molecule has 0 saturated carbocycles. The lowest BCUT2D eigenvalue weighted by molar-refractivity contribution is 0.590. The molecule has 0 bridgehead atoms. The van der Waals surface area contributed by atoms with Crippen molar-refractivity contribution in [2.45, 2.75) is 65.7 Å². The first-order chi connectivity index (χ1) is 28.9. The summed E-state index contributed by atoms with van der Waals surface area (Å²) >= 11 is 0. The highest BCUT2D eigenvalue weighted by atomic mass is 15.2. The van der Waals surface area contributed by atoms with Crippen LogP contribution in [0.2, 0.25) is 0 Å². The summed E-state index contributed by atoms with van der Waals surface area (Å²) in [7, 11) is 0. The van der Waals surface area contributed by atoms with Gasteiger partial charge in [-0.05, 0) is 123 Å². The summed E-state index contributed by atoms with van der Waals surface area (Å²) in [6.45, 7) is 16.3. The van der Waals surface area contributed by atoms with Crippen LogP contribution in [0.25, 0.3) is 67.8 Å². The summed E-state index contributed by atoms with van der Waals surface area (Å²) in [6.07, 6.45) is 4.50. The van der Waals surface area contributed by atoms with Crippen molar-refractivity contribution in [3.63, 3.8) is 0 Å². The normalized spacial score (nSPS) is 11.7. The molecule has 298 valence electrons. The smallest absolute Gasteiger partial charge is 0.134 e. The molecule has 0 aliphatic carbocycles. The fourth-order valence-corrected chi connectivity index (χ4v) is 7.28. The van der Waals surface area contributed by atoms with Crippen LogP contribution in [-0.4, -0.2) is 36.4 Å². The third-order valence-corrected chi connectivity index (χ3v) is 10.7. The van der Waals surface area contributed by atoms with Gasteiger partial charge in [0.2, 0.25) is 0 Å². The van der Waals surface area contributed by atoms with Crippen molar-refractivity contribution in [3.05, 3.63) is 169 Å². The predicted molar refractivity (Wildman–Crippen MR) is 247 cm³/mol. The van der Waals surface area contributed by atoms with Crippen LogP contribution >= 0.6 is 0 Å². The molecule has 0 saturated heterocycles. The number of pyridine rings is 6. The molecule has 0 N–H and O–H groups in total. The predicted octanol–water partition coefficient (Wildman–Crippen LogP) is 13.2. The molecule has 60 heavy (non-hydrogen) atoms. The summed E-state index contributed by atoms with van der Waals surface area (Å²) in [5, 5.41) is 0. The Balaban J connectivity index is 1.18. The van der Waals surface area contributed by atoms with E-state index in [-0.39, 0.29) is 10.8 Å². The number of aromatic nitrogens is 6. The molecule has 0 unspecified atom stereocenters. The Morgan fingerprint density at radius 1 is 0.383 bits per heavy atom. The number of hydrogen-bond acceptors (Lipinski definition) is 7. The Hall–Kier alpha value is -6.86. The second kappa shape index (κ2) is 16.8. The zero-order valence-electron chi connectivity index (χ0n) is 35.6. The van der Waals surface area contributed by atoms with E-state index in [9.17, 15) is 0 Å². The van der Waals surface area contributed by atoms with Crippen LogP contribution in [0.3, 0.4) is 0 Å². The van der Waals surface area contributed by atoms with E-state index >= 15 is 0 Å². The van der Waals surface area contributed by atoms with E-state index in [0.717, 1.165) is 85.9 Å². The molecular weight excluding hydrogens is 735 g/mol. The van der Waals surface area contributed by atoms with Crippen LogP contribution in [0.5, 0.6) is 0 Å². The zero-order chi connectivity index (χ0) is 41.9. The van der Waals surface area contributed by atoms with E-state index < -0.39 is 0 Å². The quantitative estimate of drug-likeness (QED) is 0.137. The molecule has 0 radical (unpaired) electrons. The first-order valence-electron chi connectivity index (χ1n) is 20.7. The number of anilines is 2. The minimum Gasteiger partial charge on any atom is -0.311 e. The zero-order valence-corrected chi connectivity index (χ0v) is 35.6. The molecule has 0 fully saturated rings. The lowest BCUT2D eigenvalue weighted by Gasteiger charge is -2.23. The fourth-order valence-electron chi connectivity index (χ4n) is 7.28. The third-order valence-electron chi connectivity index (χ3n) is 10.7. The van der Waals surface area contributed by atoms with E-state index in [1.54, 1.807) is 12.4 Å². The van der Waals surface area contributed by atoms with Crippen LogP contribution in [0.15, 0.2) is 158 Å². The maximum absolute atomic E-state index is 5.27. The Morgan fingerprint density at radius 3 is 1.12 bits per heavy atom.